The minimum Gasteiger partial charge on any atom is -0.477 e. The molecule has 272 valence electrons. The van der Waals surface area contributed by atoms with Gasteiger partial charge in [-0.1, -0.05) is 30.2 Å². The number of pyridine rings is 1. The van der Waals surface area contributed by atoms with Crippen molar-refractivity contribution >= 4 is 35.5 Å². The molecule has 1 aliphatic carbocycles. The Labute approximate surface area is 300 Å². The van der Waals surface area contributed by atoms with E-state index >= 15 is 0 Å². The van der Waals surface area contributed by atoms with Crippen LogP contribution in [0.5, 0.6) is 5.88 Å². The van der Waals surface area contributed by atoms with Gasteiger partial charge in [0, 0.05) is 29.2 Å². The fraction of sp³-hybridized carbons (Fsp3) is 0.556. The summed E-state index contributed by atoms with van der Waals surface area (Å²) < 4.78 is 54.7. The first-order chi connectivity index (χ1) is 23.4. The maximum atomic E-state index is 13.1. The molecule has 1 N–H and O–H groups in total. The molecule has 50 heavy (non-hydrogen) atoms. The summed E-state index contributed by atoms with van der Waals surface area (Å²) in [6, 6.07) is 12.7. The van der Waals surface area contributed by atoms with Gasteiger partial charge in [-0.2, -0.15) is 13.2 Å². The number of unbranched alkanes of at least 4 members (excludes halogenated alkanes) is 1. The molecular weight excluding hydrogens is 691 g/mol. The van der Waals surface area contributed by atoms with Gasteiger partial charge in [-0.25, -0.2) is 14.5 Å². The number of nitrogens with one attached hydrogen (secondary N) is 1. The Morgan fingerprint density at radius 1 is 1.06 bits per heavy atom. The number of aromatic nitrogens is 3. The van der Waals surface area contributed by atoms with E-state index in [2.05, 4.69) is 40.8 Å². The Hall–Kier alpha value is -3.45. The molecule has 2 aromatic heterocycles. The summed E-state index contributed by atoms with van der Waals surface area (Å²) in [7, 11) is 0. The maximum absolute atomic E-state index is 13.1. The number of aryl methyl sites for hydroxylation is 1. The monoisotopic (exact) mass is 735 g/mol. The maximum Gasteiger partial charge on any atom is 0.410 e. The van der Waals surface area contributed by atoms with Gasteiger partial charge in [-0.15, -0.1) is 5.10 Å². The van der Waals surface area contributed by atoms with Crippen LogP contribution in [0.15, 0.2) is 53.6 Å². The second kappa shape index (κ2) is 15.0. The lowest BCUT2D eigenvalue weighted by Gasteiger charge is -2.33. The average Bonchev–Trinajstić information content (AvgIpc) is 3.57. The van der Waals surface area contributed by atoms with Crippen molar-refractivity contribution in [3.8, 4) is 11.7 Å². The van der Waals surface area contributed by atoms with Gasteiger partial charge in [-0.05, 0) is 127 Å². The number of amides is 2. The van der Waals surface area contributed by atoms with Gasteiger partial charge in [0.2, 0.25) is 5.88 Å². The van der Waals surface area contributed by atoms with Crippen LogP contribution in [0, 0.1) is 11.3 Å². The van der Waals surface area contributed by atoms with Crippen LogP contribution in [0.25, 0.3) is 5.82 Å². The van der Waals surface area contributed by atoms with Gasteiger partial charge in [0.1, 0.15) is 10.8 Å². The van der Waals surface area contributed by atoms with Crippen molar-refractivity contribution < 1.29 is 32.2 Å². The zero-order valence-electron chi connectivity index (χ0n) is 29.1. The van der Waals surface area contributed by atoms with Gasteiger partial charge < -0.3 is 14.4 Å². The van der Waals surface area contributed by atoms with Crippen molar-refractivity contribution in [2.45, 2.75) is 108 Å². The fourth-order valence-electron chi connectivity index (χ4n) is 6.28. The van der Waals surface area contributed by atoms with E-state index in [0.29, 0.717) is 11.7 Å². The number of carbonyl (C=O) groups is 2. The number of alkyl halides is 3. The van der Waals surface area contributed by atoms with Crippen molar-refractivity contribution in [1.82, 2.24) is 24.4 Å². The Balaban J connectivity index is 1.03. The number of likely N-dealkylation sites (tertiary alicyclic amines) is 1. The molecule has 9 nitrogen and oxygen atoms in total. The highest BCUT2D eigenvalue weighted by Gasteiger charge is 2.62. The number of ether oxygens (including phenoxy) is 2. The van der Waals surface area contributed by atoms with Crippen molar-refractivity contribution in [3.63, 3.8) is 0 Å². The van der Waals surface area contributed by atoms with Crippen LogP contribution in [0.3, 0.4) is 0 Å². The Morgan fingerprint density at radius 2 is 1.78 bits per heavy atom. The molecule has 1 unspecified atom stereocenters. The standard InChI is InChI=1S/C36H45ClF3N5O4S/c1-33(2,3)49-32(47)44-23-25(22-34(44,4)5)9-7-6-8-24-10-12-26(13-11-24)50-43-31(46)27-14-15-28(41-30(27)37)45-20-16-29(42-45)48-21-19-35(17-18-35)36(38,39)40/h10-16,20,25H,6-9,17-19,21-23H2,1-5H3,(H,43,46). The fourth-order valence-corrected chi connectivity index (χ4v) is 7.10. The Morgan fingerprint density at radius 3 is 2.42 bits per heavy atom. The number of rotatable bonds is 13. The quantitative estimate of drug-likeness (QED) is 0.106. The van der Waals surface area contributed by atoms with Crippen LogP contribution in [-0.4, -0.2) is 62.1 Å². The predicted octanol–water partition coefficient (Wildman–Crippen LogP) is 9.22. The summed E-state index contributed by atoms with van der Waals surface area (Å²) in [6.07, 6.45) is 2.33. The number of halogens is 4. The van der Waals surface area contributed by atoms with Gasteiger partial charge >= 0.3 is 12.3 Å². The Bertz CT molecular complexity index is 1650. The third kappa shape index (κ3) is 9.65. The molecule has 14 heteroatoms. The lowest BCUT2D eigenvalue weighted by Crippen LogP contribution is -2.45. The average molecular weight is 736 g/mol. The molecule has 1 saturated heterocycles. The molecule has 3 aromatic rings. The van der Waals surface area contributed by atoms with Crippen molar-refractivity contribution in [2.24, 2.45) is 11.3 Å². The lowest BCUT2D eigenvalue weighted by molar-refractivity contribution is -0.190. The third-order valence-electron chi connectivity index (χ3n) is 9.25. The van der Waals surface area contributed by atoms with E-state index in [1.165, 1.54) is 34.3 Å². The van der Waals surface area contributed by atoms with Crippen LogP contribution in [0.2, 0.25) is 5.15 Å². The minimum absolute atomic E-state index is 0.0199. The highest BCUT2D eigenvalue weighted by Crippen LogP contribution is 2.59. The zero-order chi connectivity index (χ0) is 36.3. The van der Waals surface area contributed by atoms with Gasteiger partial charge in [-0.3, -0.25) is 9.52 Å². The Kier molecular flexibility index (Phi) is 11.4. The summed E-state index contributed by atoms with van der Waals surface area (Å²) in [5.41, 5.74) is -0.954. The lowest BCUT2D eigenvalue weighted by atomic mass is 9.92. The molecule has 1 saturated carbocycles. The highest BCUT2D eigenvalue weighted by atomic mass is 35.5. The molecule has 0 radical (unpaired) electrons. The first-order valence-corrected chi connectivity index (χ1v) is 18.1. The third-order valence-corrected chi connectivity index (χ3v) is 10.3. The van der Waals surface area contributed by atoms with E-state index in [1.54, 1.807) is 12.3 Å². The number of hydrogen-bond donors (Lipinski definition) is 1. The summed E-state index contributed by atoms with van der Waals surface area (Å²) in [6.45, 7) is 10.5. The van der Waals surface area contributed by atoms with E-state index in [-0.39, 0.29) is 54.1 Å². The van der Waals surface area contributed by atoms with Crippen molar-refractivity contribution in [2.75, 3.05) is 13.2 Å². The number of carbonyl (C=O) groups excluding carboxylic acids is 2. The zero-order valence-corrected chi connectivity index (χ0v) is 30.7. The summed E-state index contributed by atoms with van der Waals surface area (Å²) in [5, 5.41) is 4.20. The van der Waals surface area contributed by atoms with Crippen LogP contribution < -0.4 is 9.46 Å². The molecule has 0 spiro atoms. The second-order valence-corrected chi connectivity index (χ2v) is 16.1. The second-order valence-electron chi connectivity index (χ2n) is 14.9. The van der Waals surface area contributed by atoms with Crippen LogP contribution in [0.1, 0.15) is 95.5 Å². The molecule has 5 rings (SSSR count). The topological polar surface area (TPSA) is 98.6 Å². The van der Waals surface area contributed by atoms with Gasteiger partial charge in [0.25, 0.3) is 5.91 Å². The van der Waals surface area contributed by atoms with Crippen LogP contribution in [-0.2, 0) is 11.2 Å². The van der Waals surface area contributed by atoms with E-state index in [9.17, 15) is 22.8 Å². The summed E-state index contributed by atoms with van der Waals surface area (Å²) in [4.78, 5) is 32.6. The largest absolute Gasteiger partial charge is 0.477 e. The molecule has 1 atom stereocenters. The van der Waals surface area contributed by atoms with Crippen LogP contribution in [0.4, 0.5) is 18.0 Å². The minimum atomic E-state index is -4.22. The molecule has 1 aromatic carbocycles. The molecule has 2 aliphatic rings. The smallest absolute Gasteiger partial charge is 0.410 e. The first-order valence-electron chi connectivity index (χ1n) is 16.9. The van der Waals surface area contributed by atoms with E-state index in [1.807, 2.05) is 37.8 Å². The first kappa shape index (κ1) is 37.8. The highest BCUT2D eigenvalue weighted by molar-refractivity contribution is 7.98. The van der Waals surface area contributed by atoms with Crippen LogP contribution >= 0.6 is 23.5 Å². The van der Waals surface area contributed by atoms with E-state index < -0.39 is 23.1 Å². The number of hydrogen-bond acceptors (Lipinski definition) is 7. The molecule has 2 amide bonds. The van der Waals surface area contributed by atoms with Crippen molar-refractivity contribution in [3.05, 3.63) is 64.9 Å². The van der Waals surface area contributed by atoms with E-state index in [4.69, 9.17) is 21.1 Å². The molecular formula is C36H45ClF3N5O4S. The number of benzene rings is 1. The molecule has 2 fully saturated rings. The summed E-state index contributed by atoms with van der Waals surface area (Å²) >= 11 is 7.52. The van der Waals surface area contributed by atoms with Gasteiger partial charge in [0.15, 0.2) is 5.82 Å². The predicted molar refractivity (Wildman–Crippen MR) is 187 cm³/mol. The SMILES string of the molecule is CC(C)(C)OC(=O)N1CC(CCCCc2ccc(SNC(=O)c3ccc(-n4ccc(OCCC5(C(F)(F)F)CC5)n4)nc3Cl)cc2)CC1(C)C. The summed E-state index contributed by atoms with van der Waals surface area (Å²) in [5.74, 6) is 0.548. The molecule has 1 aliphatic heterocycles. The van der Waals surface area contributed by atoms with Gasteiger partial charge in [0.05, 0.1) is 17.6 Å². The normalized spacial score (nSPS) is 18.2. The molecule has 3 heterocycles. The molecule has 0 bridgehead atoms. The van der Waals surface area contributed by atoms with Crippen molar-refractivity contribution in [1.29, 1.82) is 0 Å². The number of nitrogens with zero attached hydrogens (tertiary/aromatic N) is 4. The van der Waals surface area contributed by atoms with E-state index in [0.717, 1.165) is 43.5 Å².